The molecular formula is C54H35NO2. The van der Waals surface area contributed by atoms with Crippen LogP contribution in [0.25, 0.3) is 88.4 Å². The third kappa shape index (κ3) is 5.76. The van der Waals surface area contributed by atoms with Gasteiger partial charge in [0, 0.05) is 44.2 Å². The number of hydrogen-bond acceptors (Lipinski definition) is 3. The largest absolute Gasteiger partial charge is 0.456 e. The lowest BCUT2D eigenvalue weighted by atomic mass is 9.98. The molecular weight excluding hydrogens is 695 g/mol. The Bertz CT molecular complexity index is 3200. The van der Waals surface area contributed by atoms with Gasteiger partial charge in [0.05, 0.1) is 0 Å². The number of nitrogens with zero attached hydrogens (tertiary/aromatic N) is 1. The molecule has 0 radical (unpaired) electrons. The Balaban J connectivity index is 0.973. The molecule has 0 N–H and O–H groups in total. The van der Waals surface area contributed by atoms with Crippen molar-refractivity contribution in [3.63, 3.8) is 0 Å². The van der Waals surface area contributed by atoms with Crippen LogP contribution in [0.5, 0.6) is 0 Å². The summed E-state index contributed by atoms with van der Waals surface area (Å²) in [7, 11) is 0. The van der Waals surface area contributed by atoms with Gasteiger partial charge in [0.15, 0.2) is 0 Å². The minimum atomic E-state index is 0.888. The Hall–Kier alpha value is -7.62. The molecule has 0 spiro atoms. The molecule has 0 aliphatic carbocycles. The van der Waals surface area contributed by atoms with Crippen LogP contribution < -0.4 is 4.90 Å². The summed E-state index contributed by atoms with van der Waals surface area (Å²) in [5, 5.41) is 4.51. The average Bonchev–Trinajstić information content (AvgIpc) is 3.86. The number of fused-ring (bicyclic) bond motifs is 6. The fourth-order valence-corrected chi connectivity index (χ4v) is 8.31. The van der Waals surface area contributed by atoms with Gasteiger partial charge in [0.1, 0.15) is 22.3 Å². The first-order valence-electron chi connectivity index (χ1n) is 19.3. The predicted molar refractivity (Wildman–Crippen MR) is 237 cm³/mol. The third-order valence-corrected chi connectivity index (χ3v) is 11.1. The molecule has 0 saturated heterocycles. The number of furan rings is 2. The summed E-state index contributed by atoms with van der Waals surface area (Å²) >= 11 is 0. The van der Waals surface area contributed by atoms with Gasteiger partial charge in [0.25, 0.3) is 0 Å². The summed E-state index contributed by atoms with van der Waals surface area (Å²) in [6, 6.07) is 75.1. The van der Waals surface area contributed by atoms with Gasteiger partial charge in [0.2, 0.25) is 0 Å². The summed E-state index contributed by atoms with van der Waals surface area (Å²) in [6.07, 6.45) is 0. The molecule has 2 aromatic heterocycles. The molecule has 0 aliphatic rings. The second kappa shape index (κ2) is 13.6. The van der Waals surface area contributed by atoms with E-state index in [0.29, 0.717) is 0 Å². The zero-order valence-corrected chi connectivity index (χ0v) is 31.0. The van der Waals surface area contributed by atoms with E-state index >= 15 is 0 Å². The number of benzene rings is 9. The minimum absolute atomic E-state index is 0.888. The van der Waals surface area contributed by atoms with Crippen LogP contribution in [0.2, 0.25) is 0 Å². The van der Waals surface area contributed by atoms with Crippen LogP contribution in [-0.2, 0) is 0 Å². The van der Waals surface area contributed by atoms with E-state index in [1.54, 1.807) is 0 Å². The van der Waals surface area contributed by atoms with Gasteiger partial charge in [-0.05, 0) is 99.6 Å². The van der Waals surface area contributed by atoms with Gasteiger partial charge in [-0.15, -0.1) is 0 Å². The molecule has 0 fully saturated rings. The molecule has 0 unspecified atom stereocenters. The highest BCUT2D eigenvalue weighted by molar-refractivity contribution is 6.13. The average molecular weight is 730 g/mol. The third-order valence-electron chi connectivity index (χ3n) is 11.1. The van der Waals surface area contributed by atoms with Gasteiger partial charge in [-0.2, -0.15) is 0 Å². The van der Waals surface area contributed by atoms with Crippen molar-refractivity contribution in [2.24, 2.45) is 0 Å². The van der Waals surface area contributed by atoms with Crippen LogP contribution in [0.1, 0.15) is 0 Å². The fraction of sp³-hybridized carbons (Fsp3) is 0. The van der Waals surface area contributed by atoms with Gasteiger partial charge in [-0.3, -0.25) is 0 Å². The van der Waals surface area contributed by atoms with Crippen molar-refractivity contribution in [1.82, 2.24) is 0 Å². The summed E-state index contributed by atoms with van der Waals surface area (Å²) in [5.41, 5.74) is 16.1. The second-order valence-electron chi connectivity index (χ2n) is 14.5. The van der Waals surface area contributed by atoms with E-state index in [-0.39, 0.29) is 0 Å². The van der Waals surface area contributed by atoms with E-state index in [2.05, 4.69) is 199 Å². The molecule has 268 valence electrons. The molecule has 0 saturated carbocycles. The monoisotopic (exact) mass is 729 g/mol. The van der Waals surface area contributed by atoms with Crippen LogP contribution in [0.3, 0.4) is 0 Å². The number of rotatable bonds is 7. The van der Waals surface area contributed by atoms with E-state index < -0.39 is 0 Å². The SMILES string of the molecule is c1ccc(-c2ccc(N(c3ccc(-c4ccc5oc6c(-c7ccccc7)cccc6c5c4)cc3)c3ccc(-c4cccc5oc6ccccc6c45)cc3)cc2)cc1. The quantitative estimate of drug-likeness (QED) is 0.164. The number of hydrogen-bond donors (Lipinski definition) is 0. The first kappa shape index (κ1) is 32.8. The Labute approximate surface area is 330 Å². The summed E-state index contributed by atoms with van der Waals surface area (Å²) < 4.78 is 12.7. The lowest BCUT2D eigenvalue weighted by Gasteiger charge is -2.26. The van der Waals surface area contributed by atoms with Crippen molar-refractivity contribution in [2.45, 2.75) is 0 Å². The molecule has 3 nitrogen and oxygen atoms in total. The standard InChI is InChI=1S/C54H35NO2/c1-3-11-36(12-4-1)37-21-28-42(29-22-37)55(44-32-25-40(26-33-44)45-16-10-20-52-53(45)48-15-7-8-19-50(48)56-52)43-30-23-38(24-31-43)41-27-34-51-49(35-41)47-18-9-17-46(54(47)57-51)39-13-5-2-6-14-39/h1-35H. The van der Waals surface area contributed by atoms with Gasteiger partial charge in [-0.1, -0.05) is 152 Å². The Morgan fingerprint density at radius 1 is 0.281 bits per heavy atom. The fourth-order valence-electron chi connectivity index (χ4n) is 8.31. The Morgan fingerprint density at radius 3 is 1.46 bits per heavy atom. The minimum Gasteiger partial charge on any atom is -0.456 e. The maximum absolute atomic E-state index is 6.48. The summed E-state index contributed by atoms with van der Waals surface area (Å²) in [5.74, 6) is 0. The lowest BCUT2D eigenvalue weighted by Crippen LogP contribution is -2.09. The van der Waals surface area contributed by atoms with Crippen molar-refractivity contribution in [1.29, 1.82) is 0 Å². The molecule has 0 amide bonds. The van der Waals surface area contributed by atoms with Crippen LogP contribution in [0, 0.1) is 0 Å². The van der Waals surface area contributed by atoms with E-state index in [1.165, 1.54) is 11.1 Å². The van der Waals surface area contributed by atoms with Crippen LogP contribution >= 0.6 is 0 Å². The zero-order chi connectivity index (χ0) is 37.7. The first-order chi connectivity index (χ1) is 28.2. The van der Waals surface area contributed by atoms with E-state index in [4.69, 9.17) is 8.83 Å². The number of para-hydroxylation sites is 2. The maximum atomic E-state index is 6.48. The smallest absolute Gasteiger partial charge is 0.143 e. The molecule has 0 aliphatic heterocycles. The van der Waals surface area contributed by atoms with Gasteiger partial charge < -0.3 is 13.7 Å². The summed E-state index contributed by atoms with van der Waals surface area (Å²) in [6.45, 7) is 0. The molecule has 57 heavy (non-hydrogen) atoms. The second-order valence-corrected chi connectivity index (χ2v) is 14.5. The molecule has 0 atom stereocenters. The highest BCUT2D eigenvalue weighted by Gasteiger charge is 2.17. The molecule has 2 heterocycles. The van der Waals surface area contributed by atoms with E-state index in [9.17, 15) is 0 Å². The van der Waals surface area contributed by atoms with Crippen LogP contribution in [0.4, 0.5) is 17.1 Å². The topological polar surface area (TPSA) is 29.5 Å². The zero-order valence-electron chi connectivity index (χ0n) is 31.0. The Morgan fingerprint density at radius 2 is 0.754 bits per heavy atom. The van der Waals surface area contributed by atoms with Crippen molar-refractivity contribution < 1.29 is 8.83 Å². The van der Waals surface area contributed by atoms with Crippen LogP contribution in [0.15, 0.2) is 221 Å². The van der Waals surface area contributed by atoms with Crippen molar-refractivity contribution in [3.05, 3.63) is 212 Å². The lowest BCUT2D eigenvalue weighted by molar-refractivity contribution is 0.669. The highest BCUT2D eigenvalue weighted by Crippen LogP contribution is 2.42. The van der Waals surface area contributed by atoms with Crippen molar-refractivity contribution >= 4 is 60.9 Å². The summed E-state index contributed by atoms with van der Waals surface area (Å²) in [4.78, 5) is 2.33. The molecule has 3 heteroatoms. The van der Waals surface area contributed by atoms with E-state index in [1.807, 2.05) is 18.2 Å². The van der Waals surface area contributed by atoms with Crippen LogP contribution in [-0.4, -0.2) is 0 Å². The maximum Gasteiger partial charge on any atom is 0.143 e. The van der Waals surface area contributed by atoms with Crippen molar-refractivity contribution in [2.75, 3.05) is 4.90 Å². The van der Waals surface area contributed by atoms with Gasteiger partial charge >= 0.3 is 0 Å². The first-order valence-corrected chi connectivity index (χ1v) is 19.3. The van der Waals surface area contributed by atoms with E-state index in [0.717, 1.165) is 94.3 Å². The number of anilines is 3. The molecule has 0 bridgehead atoms. The predicted octanol–water partition coefficient (Wildman–Crippen LogP) is 15.6. The molecule has 11 rings (SSSR count). The van der Waals surface area contributed by atoms with Crippen molar-refractivity contribution in [3.8, 4) is 44.5 Å². The van der Waals surface area contributed by atoms with Gasteiger partial charge in [-0.25, -0.2) is 0 Å². The molecule has 9 aromatic carbocycles. The molecule has 11 aromatic rings. The normalized spacial score (nSPS) is 11.5. The highest BCUT2D eigenvalue weighted by atomic mass is 16.3. The Kier molecular flexibility index (Phi) is 7.82.